The fourth-order valence-corrected chi connectivity index (χ4v) is 3.19. The van der Waals surface area contributed by atoms with Crippen LogP contribution in [0.15, 0.2) is 30.3 Å². The number of benzene rings is 1. The van der Waals surface area contributed by atoms with Crippen LogP contribution in [0, 0.1) is 11.8 Å². The predicted octanol–water partition coefficient (Wildman–Crippen LogP) is 3.71. The van der Waals surface area contributed by atoms with E-state index >= 15 is 0 Å². The summed E-state index contributed by atoms with van der Waals surface area (Å²) in [6.07, 6.45) is 4.15. The zero-order valence-corrected chi connectivity index (χ0v) is 13.3. The molecule has 0 aliphatic heterocycles. The van der Waals surface area contributed by atoms with Crippen molar-refractivity contribution in [1.82, 2.24) is 10.2 Å². The first-order chi connectivity index (χ1) is 9.74. The van der Waals surface area contributed by atoms with Gasteiger partial charge in [-0.25, -0.2) is 0 Å². The smallest absolute Gasteiger partial charge is 0.0355 e. The second kappa shape index (κ2) is 7.80. The summed E-state index contributed by atoms with van der Waals surface area (Å²) in [4.78, 5) is 2.68. The second-order valence-electron chi connectivity index (χ2n) is 6.36. The van der Waals surface area contributed by atoms with Gasteiger partial charge in [0.1, 0.15) is 0 Å². The minimum Gasteiger partial charge on any atom is -0.313 e. The third kappa shape index (κ3) is 4.60. The highest BCUT2D eigenvalue weighted by atomic mass is 15.1. The number of hydrogen-bond acceptors (Lipinski definition) is 2. The second-order valence-corrected chi connectivity index (χ2v) is 6.36. The molecule has 0 heterocycles. The molecule has 1 saturated carbocycles. The number of nitrogens with zero attached hydrogens (tertiary/aromatic N) is 1. The summed E-state index contributed by atoms with van der Waals surface area (Å²) in [5, 5.41) is 3.51. The summed E-state index contributed by atoms with van der Waals surface area (Å²) in [7, 11) is 2.08. The largest absolute Gasteiger partial charge is 0.313 e. The Labute approximate surface area is 124 Å². The van der Waals surface area contributed by atoms with Crippen LogP contribution >= 0.6 is 0 Å². The summed E-state index contributed by atoms with van der Waals surface area (Å²) in [5.74, 6) is 1.62. The van der Waals surface area contributed by atoms with Gasteiger partial charge in [-0.2, -0.15) is 0 Å². The molecular weight excluding hydrogens is 244 g/mol. The van der Waals surface area contributed by atoms with Crippen LogP contribution in [0.5, 0.6) is 0 Å². The molecule has 2 nitrogen and oxygen atoms in total. The topological polar surface area (TPSA) is 15.3 Å². The van der Waals surface area contributed by atoms with Gasteiger partial charge in [0.05, 0.1) is 0 Å². The van der Waals surface area contributed by atoms with E-state index in [1.807, 2.05) is 0 Å². The van der Waals surface area contributed by atoms with Crippen LogP contribution in [0.25, 0.3) is 0 Å². The van der Waals surface area contributed by atoms with Gasteiger partial charge in [0.2, 0.25) is 0 Å². The molecule has 0 spiro atoms. The van der Waals surface area contributed by atoms with Crippen LogP contribution in [-0.2, 0) is 0 Å². The van der Waals surface area contributed by atoms with E-state index < -0.39 is 0 Å². The van der Waals surface area contributed by atoms with Gasteiger partial charge in [0, 0.05) is 19.1 Å². The molecule has 2 rings (SSSR count). The molecule has 0 bridgehead atoms. The summed E-state index contributed by atoms with van der Waals surface area (Å²) < 4.78 is 0. The molecule has 112 valence electrons. The Morgan fingerprint density at radius 3 is 2.50 bits per heavy atom. The quantitative estimate of drug-likeness (QED) is 0.738. The lowest BCUT2D eigenvalue weighted by Gasteiger charge is -2.30. The van der Waals surface area contributed by atoms with E-state index in [-0.39, 0.29) is 0 Å². The molecule has 1 aliphatic rings. The lowest BCUT2D eigenvalue weighted by molar-refractivity contribution is 0.206. The van der Waals surface area contributed by atoms with Gasteiger partial charge < -0.3 is 10.2 Å². The summed E-state index contributed by atoms with van der Waals surface area (Å²) in [6, 6.07) is 11.3. The van der Waals surface area contributed by atoms with Gasteiger partial charge in [-0.05, 0) is 50.3 Å². The zero-order chi connectivity index (χ0) is 14.4. The monoisotopic (exact) mass is 274 g/mol. The molecule has 0 aromatic heterocycles. The van der Waals surface area contributed by atoms with Crippen LogP contribution < -0.4 is 5.32 Å². The molecule has 0 saturated heterocycles. The van der Waals surface area contributed by atoms with Crippen LogP contribution in [0.3, 0.4) is 0 Å². The van der Waals surface area contributed by atoms with Crippen molar-refractivity contribution in [2.45, 2.75) is 39.2 Å². The van der Waals surface area contributed by atoms with Crippen LogP contribution in [-0.4, -0.2) is 31.6 Å². The normalized spacial score (nSPS) is 18.2. The molecule has 2 atom stereocenters. The number of nitrogens with one attached hydrogen (secondary N) is 1. The minimum atomic E-state index is 0.453. The van der Waals surface area contributed by atoms with Crippen molar-refractivity contribution in [2.75, 3.05) is 26.7 Å². The fraction of sp³-hybridized carbons (Fsp3) is 0.667. The van der Waals surface area contributed by atoms with Gasteiger partial charge in [0.25, 0.3) is 0 Å². The fourth-order valence-electron chi connectivity index (χ4n) is 3.19. The van der Waals surface area contributed by atoms with E-state index in [2.05, 4.69) is 61.4 Å². The Morgan fingerprint density at radius 1 is 1.25 bits per heavy atom. The first kappa shape index (κ1) is 15.5. The maximum absolute atomic E-state index is 3.51. The van der Waals surface area contributed by atoms with E-state index in [4.69, 9.17) is 0 Å². The van der Waals surface area contributed by atoms with Gasteiger partial charge >= 0.3 is 0 Å². The average Bonchev–Trinajstić information content (AvgIpc) is 3.25. The molecule has 1 aromatic carbocycles. The molecule has 1 aliphatic carbocycles. The molecule has 1 aromatic rings. The Balaban J connectivity index is 1.94. The van der Waals surface area contributed by atoms with E-state index in [1.165, 1.54) is 44.5 Å². The first-order valence-electron chi connectivity index (χ1n) is 8.19. The van der Waals surface area contributed by atoms with Gasteiger partial charge in [0.15, 0.2) is 0 Å². The summed E-state index contributed by atoms with van der Waals surface area (Å²) in [5.41, 5.74) is 1.41. The third-order valence-electron chi connectivity index (χ3n) is 4.34. The van der Waals surface area contributed by atoms with Crippen molar-refractivity contribution < 1.29 is 0 Å². The van der Waals surface area contributed by atoms with E-state index in [0.29, 0.717) is 12.0 Å². The van der Waals surface area contributed by atoms with Gasteiger partial charge in [-0.3, -0.25) is 0 Å². The predicted molar refractivity (Wildman–Crippen MR) is 86.9 cm³/mol. The molecule has 2 heteroatoms. The third-order valence-corrected chi connectivity index (χ3v) is 4.34. The number of hydrogen-bond donors (Lipinski definition) is 1. The van der Waals surface area contributed by atoms with Crippen molar-refractivity contribution in [2.24, 2.45) is 11.8 Å². The van der Waals surface area contributed by atoms with Crippen molar-refractivity contribution >= 4 is 0 Å². The van der Waals surface area contributed by atoms with Crippen molar-refractivity contribution in [3.8, 4) is 0 Å². The van der Waals surface area contributed by atoms with Gasteiger partial charge in [-0.15, -0.1) is 0 Å². The van der Waals surface area contributed by atoms with Crippen molar-refractivity contribution in [1.29, 1.82) is 0 Å². The van der Waals surface area contributed by atoms with Crippen LogP contribution in [0.2, 0.25) is 0 Å². The van der Waals surface area contributed by atoms with Crippen LogP contribution in [0.4, 0.5) is 0 Å². The lowest BCUT2D eigenvalue weighted by Crippen LogP contribution is -2.36. The standard InChI is InChI=1S/C18H30N2/c1-4-12-20(14-16-10-11-16)13-15(2)18(19-3)17-8-6-5-7-9-17/h5-9,15-16,18-19H,4,10-14H2,1-3H3. The highest BCUT2D eigenvalue weighted by Crippen LogP contribution is 2.31. The number of rotatable bonds is 9. The Bertz CT molecular complexity index is 372. The lowest BCUT2D eigenvalue weighted by atomic mass is 9.94. The van der Waals surface area contributed by atoms with Crippen molar-refractivity contribution in [3.63, 3.8) is 0 Å². The highest BCUT2D eigenvalue weighted by molar-refractivity contribution is 5.19. The average molecular weight is 274 g/mol. The first-order valence-corrected chi connectivity index (χ1v) is 8.19. The van der Waals surface area contributed by atoms with E-state index in [0.717, 1.165) is 5.92 Å². The van der Waals surface area contributed by atoms with Gasteiger partial charge in [-0.1, -0.05) is 44.2 Å². The summed E-state index contributed by atoms with van der Waals surface area (Å²) >= 11 is 0. The maximum Gasteiger partial charge on any atom is 0.0355 e. The molecular formula is C18H30N2. The van der Waals surface area contributed by atoms with Crippen LogP contribution in [0.1, 0.15) is 44.7 Å². The Morgan fingerprint density at radius 2 is 1.95 bits per heavy atom. The Kier molecular flexibility index (Phi) is 6.06. The summed E-state index contributed by atoms with van der Waals surface area (Å²) in [6.45, 7) is 8.42. The molecule has 1 fully saturated rings. The minimum absolute atomic E-state index is 0.453. The van der Waals surface area contributed by atoms with E-state index in [1.54, 1.807) is 0 Å². The highest BCUT2D eigenvalue weighted by Gasteiger charge is 2.26. The zero-order valence-electron chi connectivity index (χ0n) is 13.3. The Hall–Kier alpha value is -0.860. The molecule has 1 N–H and O–H groups in total. The molecule has 0 radical (unpaired) electrons. The molecule has 2 unspecified atom stereocenters. The molecule has 20 heavy (non-hydrogen) atoms. The van der Waals surface area contributed by atoms with E-state index in [9.17, 15) is 0 Å². The van der Waals surface area contributed by atoms with Crippen molar-refractivity contribution in [3.05, 3.63) is 35.9 Å². The SMILES string of the molecule is CCCN(CC1CC1)CC(C)C(NC)c1ccccc1. The molecule has 0 amide bonds. The maximum atomic E-state index is 3.51.